The molecule has 7 nitrogen and oxygen atoms in total. The van der Waals surface area contributed by atoms with Crippen LogP contribution in [0.3, 0.4) is 0 Å². The van der Waals surface area contributed by atoms with Crippen LogP contribution in [0, 0.1) is 0 Å². The number of sulfonamides is 1. The summed E-state index contributed by atoms with van der Waals surface area (Å²) in [5.74, 6) is -0.433. The quantitative estimate of drug-likeness (QED) is 0.672. The van der Waals surface area contributed by atoms with Crippen molar-refractivity contribution < 1.29 is 22.7 Å². The van der Waals surface area contributed by atoms with E-state index in [4.69, 9.17) is 4.74 Å². The van der Waals surface area contributed by atoms with Crippen LogP contribution in [0.15, 0.2) is 39.9 Å². The molecule has 1 aliphatic rings. The molecule has 1 N–H and O–H groups in total. The molecule has 1 aromatic heterocycles. The highest BCUT2D eigenvalue weighted by molar-refractivity contribution is 7.89. The number of likely N-dealkylation sites (tertiary alicyclic amines) is 1. The Kier molecular flexibility index (Phi) is 6.15. The molecule has 0 amide bonds. The minimum atomic E-state index is -3.88. The van der Waals surface area contributed by atoms with Crippen molar-refractivity contribution in [1.29, 1.82) is 0 Å². The number of hydrogen-bond donors (Lipinski definition) is 1. The fraction of sp³-hybridized carbons (Fsp3) is 0.389. The highest BCUT2D eigenvalue weighted by Crippen LogP contribution is 2.29. The van der Waals surface area contributed by atoms with Crippen molar-refractivity contribution in [3.05, 3.63) is 46.2 Å². The molecule has 2 heterocycles. The van der Waals surface area contributed by atoms with E-state index in [1.54, 1.807) is 11.3 Å². The number of ether oxygens (including phenoxy) is 2. The molecule has 3 rings (SSSR count). The fourth-order valence-electron chi connectivity index (χ4n) is 2.97. The molecule has 1 saturated heterocycles. The second-order valence-corrected chi connectivity index (χ2v) is 8.69. The maximum atomic E-state index is 12.9. The summed E-state index contributed by atoms with van der Waals surface area (Å²) in [6.07, 6.45) is 1.11. The molecule has 146 valence electrons. The van der Waals surface area contributed by atoms with Gasteiger partial charge in [0.2, 0.25) is 10.0 Å². The largest absolute Gasteiger partial charge is 0.495 e. The molecule has 0 radical (unpaired) electrons. The Morgan fingerprint density at radius 1 is 1.30 bits per heavy atom. The summed E-state index contributed by atoms with van der Waals surface area (Å²) in [6, 6.07) is 6.19. The van der Waals surface area contributed by atoms with E-state index in [9.17, 15) is 13.2 Å². The van der Waals surface area contributed by atoms with Crippen LogP contribution in [0.25, 0.3) is 0 Å². The Morgan fingerprint density at radius 2 is 2.07 bits per heavy atom. The van der Waals surface area contributed by atoms with Crippen molar-refractivity contribution in [3.63, 3.8) is 0 Å². The van der Waals surface area contributed by atoms with Crippen LogP contribution in [-0.2, 0) is 14.8 Å². The Bertz CT molecular complexity index is 892. The van der Waals surface area contributed by atoms with Crippen molar-refractivity contribution >= 4 is 27.3 Å². The number of thiophene rings is 1. The minimum absolute atomic E-state index is 0.0189. The van der Waals surface area contributed by atoms with Gasteiger partial charge in [-0.3, -0.25) is 4.90 Å². The number of carbonyl (C=O) groups is 1. The Balaban J connectivity index is 1.84. The maximum absolute atomic E-state index is 12.9. The van der Waals surface area contributed by atoms with Gasteiger partial charge in [-0.2, -0.15) is 11.3 Å². The van der Waals surface area contributed by atoms with Crippen molar-refractivity contribution in [1.82, 2.24) is 9.62 Å². The first-order valence-corrected chi connectivity index (χ1v) is 10.9. The smallest absolute Gasteiger partial charge is 0.337 e. The molecule has 27 heavy (non-hydrogen) atoms. The monoisotopic (exact) mass is 410 g/mol. The number of carbonyl (C=O) groups excluding carboxylic acids is 1. The van der Waals surface area contributed by atoms with E-state index >= 15 is 0 Å². The van der Waals surface area contributed by atoms with Crippen LogP contribution < -0.4 is 9.46 Å². The Morgan fingerprint density at radius 3 is 2.63 bits per heavy atom. The number of esters is 1. The van der Waals surface area contributed by atoms with Gasteiger partial charge in [0, 0.05) is 25.7 Å². The first kappa shape index (κ1) is 19.8. The second-order valence-electron chi connectivity index (χ2n) is 6.17. The van der Waals surface area contributed by atoms with Gasteiger partial charge in [-0.25, -0.2) is 17.9 Å². The molecule has 1 fully saturated rings. The van der Waals surface area contributed by atoms with Crippen molar-refractivity contribution in [2.24, 2.45) is 0 Å². The first-order chi connectivity index (χ1) is 13.0. The predicted molar refractivity (Wildman–Crippen MR) is 103 cm³/mol. The molecule has 0 spiro atoms. The molecular weight excluding hydrogens is 388 g/mol. The lowest BCUT2D eigenvalue weighted by atomic mass is 10.1. The average molecular weight is 411 g/mol. The number of hydrogen-bond acceptors (Lipinski definition) is 7. The highest BCUT2D eigenvalue weighted by Gasteiger charge is 2.29. The van der Waals surface area contributed by atoms with Crippen LogP contribution in [0.2, 0.25) is 0 Å². The maximum Gasteiger partial charge on any atom is 0.337 e. The number of nitrogens with one attached hydrogen (secondary N) is 1. The third-order valence-corrected chi connectivity index (χ3v) is 6.75. The summed E-state index contributed by atoms with van der Waals surface area (Å²) in [5, 5.41) is 4.02. The van der Waals surface area contributed by atoms with Gasteiger partial charge in [0.05, 0.1) is 19.8 Å². The van der Waals surface area contributed by atoms with Gasteiger partial charge in [0.15, 0.2) is 0 Å². The van der Waals surface area contributed by atoms with E-state index in [1.165, 1.54) is 32.4 Å². The van der Waals surface area contributed by atoms with E-state index in [1.807, 2.05) is 16.8 Å². The van der Waals surface area contributed by atoms with Gasteiger partial charge in [-0.15, -0.1) is 0 Å². The normalized spacial score (nSPS) is 15.8. The predicted octanol–water partition coefficient (Wildman–Crippen LogP) is 2.27. The molecule has 9 heteroatoms. The molecule has 1 aromatic carbocycles. The van der Waals surface area contributed by atoms with Crippen molar-refractivity contribution in [2.45, 2.75) is 17.4 Å². The summed E-state index contributed by atoms with van der Waals surface area (Å²) in [5.41, 5.74) is 1.24. The lowest BCUT2D eigenvalue weighted by molar-refractivity contribution is 0.0600. The zero-order valence-electron chi connectivity index (χ0n) is 15.2. The van der Waals surface area contributed by atoms with Gasteiger partial charge in [-0.1, -0.05) is 0 Å². The molecule has 0 aliphatic carbocycles. The molecule has 1 atom stereocenters. The van der Waals surface area contributed by atoms with Crippen LogP contribution in [0.4, 0.5) is 0 Å². The first-order valence-electron chi connectivity index (χ1n) is 8.48. The van der Waals surface area contributed by atoms with E-state index in [2.05, 4.69) is 14.4 Å². The Labute approximate surface area is 163 Å². The average Bonchev–Trinajstić information content (AvgIpc) is 3.16. The molecule has 0 bridgehead atoms. The van der Waals surface area contributed by atoms with E-state index in [-0.39, 0.29) is 28.8 Å². The molecular formula is C18H22N2O5S2. The summed E-state index contributed by atoms with van der Waals surface area (Å²) in [6.45, 7) is 2.14. The zero-order chi connectivity index (χ0) is 19.4. The van der Waals surface area contributed by atoms with Crippen LogP contribution in [0.5, 0.6) is 5.75 Å². The lowest BCUT2D eigenvalue weighted by Gasteiger charge is -2.38. The number of rotatable bonds is 8. The van der Waals surface area contributed by atoms with Crippen molar-refractivity contribution in [3.8, 4) is 5.75 Å². The van der Waals surface area contributed by atoms with Crippen LogP contribution >= 0.6 is 11.3 Å². The molecule has 0 unspecified atom stereocenters. The number of methoxy groups -OCH3 is 2. The summed E-state index contributed by atoms with van der Waals surface area (Å²) in [7, 11) is -1.24. The number of nitrogens with zero attached hydrogens (tertiary/aromatic N) is 1. The lowest BCUT2D eigenvalue weighted by Crippen LogP contribution is -2.45. The van der Waals surface area contributed by atoms with E-state index in [0.29, 0.717) is 0 Å². The molecule has 0 saturated carbocycles. The van der Waals surface area contributed by atoms with E-state index in [0.717, 1.165) is 25.1 Å². The van der Waals surface area contributed by atoms with Gasteiger partial charge in [0.25, 0.3) is 0 Å². The molecule has 1 aliphatic heterocycles. The van der Waals surface area contributed by atoms with Crippen LogP contribution in [-0.4, -0.2) is 53.1 Å². The van der Waals surface area contributed by atoms with Gasteiger partial charge in [0.1, 0.15) is 10.6 Å². The van der Waals surface area contributed by atoms with Gasteiger partial charge in [-0.05, 0) is 47.0 Å². The van der Waals surface area contributed by atoms with E-state index < -0.39 is 16.0 Å². The summed E-state index contributed by atoms with van der Waals surface area (Å²) < 4.78 is 38.4. The highest BCUT2D eigenvalue weighted by atomic mass is 32.2. The topological polar surface area (TPSA) is 84.9 Å². The van der Waals surface area contributed by atoms with Gasteiger partial charge >= 0.3 is 5.97 Å². The van der Waals surface area contributed by atoms with Gasteiger partial charge < -0.3 is 9.47 Å². The minimum Gasteiger partial charge on any atom is -0.495 e. The summed E-state index contributed by atoms with van der Waals surface area (Å²) >= 11 is 1.59. The molecule has 2 aromatic rings. The van der Waals surface area contributed by atoms with Crippen LogP contribution in [0.1, 0.15) is 28.4 Å². The van der Waals surface area contributed by atoms with Crippen molar-refractivity contribution in [2.75, 3.05) is 33.9 Å². The third-order valence-electron chi connectivity index (χ3n) is 4.60. The SMILES string of the molecule is COC(=O)c1ccc(OC)c(S(=O)(=O)NC[C@@H](c2ccsc2)N2CCC2)c1. The second kappa shape index (κ2) is 8.39. The zero-order valence-corrected chi connectivity index (χ0v) is 16.8. The Hall–Kier alpha value is -1.94. The summed E-state index contributed by atoms with van der Waals surface area (Å²) in [4.78, 5) is 13.9. The third kappa shape index (κ3) is 4.32. The fourth-order valence-corrected chi connectivity index (χ4v) is 4.91. The number of benzene rings is 1. The standard InChI is InChI=1S/C18H22N2O5S2/c1-24-16-5-4-13(18(21)25-2)10-17(16)27(22,23)19-11-15(20-7-3-8-20)14-6-9-26-12-14/h4-6,9-10,12,15,19H,3,7-8,11H2,1-2H3/t15-/m0/s1.